The van der Waals surface area contributed by atoms with Crippen LogP contribution in [0.4, 0.5) is 0 Å². The fourth-order valence-electron chi connectivity index (χ4n) is 2.92. The SMILES string of the molecule is CO[C@@H]1[C@@H](O)[C@H](O[C@H]2O[C@H](CN)CC[C@H]2N)C(=N)C[C@H]1N. The van der Waals surface area contributed by atoms with Crippen LogP contribution in [0.15, 0.2) is 0 Å². The van der Waals surface area contributed by atoms with Crippen LogP contribution >= 0.6 is 0 Å². The molecule has 8 N–H and O–H groups in total. The van der Waals surface area contributed by atoms with Crippen molar-refractivity contribution in [2.75, 3.05) is 13.7 Å². The molecule has 0 radical (unpaired) electrons. The minimum Gasteiger partial charge on any atom is -0.387 e. The highest BCUT2D eigenvalue weighted by atomic mass is 16.7. The molecule has 1 saturated carbocycles. The number of aliphatic hydroxyl groups excluding tert-OH is 1. The molecule has 0 unspecified atom stereocenters. The molecule has 1 aliphatic carbocycles. The molecule has 8 heteroatoms. The van der Waals surface area contributed by atoms with Crippen molar-refractivity contribution in [1.29, 1.82) is 5.41 Å². The fraction of sp³-hybridized carbons (Fsp3) is 0.923. The Morgan fingerprint density at radius 3 is 2.67 bits per heavy atom. The Labute approximate surface area is 124 Å². The van der Waals surface area contributed by atoms with Crippen LogP contribution in [0.1, 0.15) is 19.3 Å². The second-order valence-electron chi connectivity index (χ2n) is 5.74. The summed E-state index contributed by atoms with van der Waals surface area (Å²) in [6, 6.07) is -0.723. The van der Waals surface area contributed by atoms with E-state index in [4.69, 9.17) is 36.8 Å². The van der Waals surface area contributed by atoms with Crippen molar-refractivity contribution in [3.63, 3.8) is 0 Å². The van der Waals surface area contributed by atoms with Gasteiger partial charge in [-0.25, -0.2) is 0 Å². The smallest absolute Gasteiger partial charge is 0.173 e. The molecule has 0 aromatic rings. The lowest BCUT2D eigenvalue weighted by Crippen LogP contribution is -2.60. The summed E-state index contributed by atoms with van der Waals surface area (Å²) in [5.74, 6) is 0. The molecule has 0 amide bonds. The Morgan fingerprint density at radius 2 is 2.05 bits per heavy atom. The standard InChI is InChI=1S/C13H26N4O4/c1-19-11-8(16)4-9(17)12(10(11)18)21-13-7(15)3-2-6(5-14)20-13/h6-8,10-13,17-18H,2-5,14-16H2,1H3/t6-,7+,8+,10+,11-,12+,13+/m0/s1. The molecule has 0 bridgehead atoms. The van der Waals surface area contributed by atoms with Gasteiger partial charge in [0.15, 0.2) is 6.29 Å². The number of nitrogens with two attached hydrogens (primary N) is 3. The molecule has 2 aliphatic rings. The van der Waals surface area contributed by atoms with Gasteiger partial charge >= 0.3 is 0 Å². The van der Waals surface area contributed by atoms with Crippen molar-refractivity contribution in [1.82, 2.24) is 0 Å². The molecule has 2 rings (SSSR count). The van der Waals surface area contributed by atoms with Gasteiger partial charge in [0.05, 0.1) is 12.1 Å². The van der Waals surface area contributed by atoms with Crippen LogP contribution in [-0.4, -0.2) is 67.3 Å². The van der Waals surface area contributed by atoms with E-state index in [-0.39, 0.29) is 17.9 Å². The number of methoxy groups -OCH3 is 1. The third-order valence-electron chi connectivity index (χ3n) is 4.18. The van der Waals surface area contributed by atoms with Crippen molar-refractivity contribution >= 4 is 5.71 Å². The van der Waals surface area contributed by atoms with Gasteiger partial charge in [0.25, 0.3) is 0 Å². The highest BCUT2D eigenvalue weighted by Crippen LogP contribution is 2.26. The molecule has 1 aliphatic heterocycles. The van der Waals surface area contributed by atoms with Crippen molar-refractivity contribution < 1.29 is 19.3 Å². The summed E-state index contributed by atoms with van der Waals surface area (Å²) in [5.41, 5.74) is 17.7. The van der Waals surface area contributed by atoms with E-state index < -0.39 is 30.6 Å². The molecule has 7 atom stereocenters. The second kappa shape index (κ2) is 7.10. The quantitative estimate of drug-likeness (QED) is 0.415. The molecule has 21 heavy (non-hydrogen) atoms. The zero-order valence-corrected chi connectivity index (χ0v) is 12.3. The lowest BCUT2D eigenvalue weighted by Gasteiger charge is -2.42. The normalized spacial score (nSPS) is 44.8. The zero-order chi connectivity index (χ0) is 15.6. The maximum Gasteiger partial charge on any atom is 0.173 e. The van der Waals surface area contributed by atoms with Crippen molar-refractivity contribution in [2.45, 2.75) is 62.1 Å². The number of hydrogen-bond donors (Lipinski definition) is 5. The Morgan fingerprint density at radius 1 is 1.33 bits per heavy atom. The van der Waals surface area contributed by atoms with Gasteiger partial charge in [-0.1, -0.05) is 0 Å². The Balaban J connectivity index is 2.04. The Kier molecular flexibility index (Phi) is 5.67. The largest absolute Gasteiger partial charge is 0.387 e. The number of ether oxygens (including phenoxy) is 3. The lowest BCUT2D eigenvalue weighted by atomic mass is 9.86. The first-order valence-electron chi connectivity index (χ1n) is 7.28. The maximum atomic E-state index is 10.3. The van der Waals surface area contributed by atoms with Gasteiger partial charge in [0.1, 0.15) is 18.3 Å². The third-order valence-corrected chi connectivity index (χ3v) is 4.18. The summed E-state index contributed by atoms with van der Waals surface area (Å²) >= 11 is 0. The van der Waals surface area contributed by atoms with Crippen LogP contribution in [0.2, 0.25) is 0 Å². The summed E-state index contributed by atoms with van der Waals surface area (Å²) in [7, 11) is 1.48. The first kappa shape index (κ1) is 16.8. The first-order valence-corrected chi connectivity index (χ1v) is 7.28. The van der Waals surface area contributed by atoms with Gasteiger partial charge in [0, 0.05) is 31.8 Å². The van der Waals surface area contributed by atoms with Gasteiger partial charge in [-0.05, 0) is 12.8 Å². The summed E-state index contributed by atoms with van der Waals surface area (Å²) < 4.78 is 16.7. The molecule has 122 valence electrons. The van der Waals surface area contributed by atoms with Crippen molar-refractivity contribution in [3.05, 3.63) is 0 Å². The van der Waals surface area contributed by atoms with E-state index in [1.807, 2.05) is 0 Å². The van der Waals surface area contributed by atoms with Gasteiger partial charge in [-0.2, -0.15) is 0 Å². The van der Waals surface area contributed by atoms with Gasteiger partial charge in [-0.3, -0.25) is 0 Å². The van der Waals surface area contributed by atoms with E-state index in [0.29, 0.717) is 13.0 Å². The van der Waals surface area contributed by atoms with E-state index in [0.717, 1.165) is 12.8 Å². The topological polar surface area (TPSA) is 150 Å². The van der Waals surface area contributed by atoms with Crippen molar-refractivity contribution in [3.8, 4) is 0 Å². The minimum absolute atomic E-state index is 0.106. The van der Waals surface area contributed by atoms with Crippen LogP contribution in [-0.2, 0) is 14.2 Å². The average Bonchev–Trinajstić information content (AvgIpc) is 2.45. The molecular formula is C13H26N4O4. The number of nitrogens with one attached hydrogen (secondary N) is 1. The molecule has 0 spiro atoms. The van der Waals surface area contributed by atoms with E-state index >= 15 is 0 Å². The number of rotatable bonds is 4. The molecule has 0 aromatic heterocycles. The fourth-order valence-corrected chi connectivity index (χ4v) is 2.92. The average molecular weight is 302 g/mol. The predicted octanol–water partition coefficient (Wildman–Crippen LogP) is -1.71. The van der Waals surface area contributed by atoms with E-state index in [9.17, 15) is 5.11 Å². The molecular weight excluding hydrogens is 276 g/mol. The second-order valence-corrected chi connectivity index (χ2v) is 5.74. The predicted molar refractivity (Wildman–Crippen MR) is 76.9 cm³/mol. The molecule has 1 heterocycles. The summed E-state index contributed by atoms with van der Waals surface area (Å²) in [5, 5.41) is 18.3. The maximum absolute atomic E-state index is 10.3. The summed E-state index contributed by atoms with van der Waals surface area (Å²) in [6.07, 6.45) is -1.37. The molecule has 2 fully saturated rings. The van der Waals surface area contributed by atoms with Crippen LogP contribution < -0.4 is 17.2 Å². The minimum atomic E-state index is -1.01. The highest BCUT2D eigenvalue weighted by Gasteiger charge is 2.43. The number of aliphatic hydroxyl groups is 1. The van der Waals surface area contributed by atoms with Crippen LogP contribution in [0.3, 0.4) is 0 Å². The van der Waals surface area contributed by atoms with Crippen LogP contribution in [0.25, 0.3) is 0 Å². The van der Waals surface area contributed by atoms with E-state index in [1.54, 1.807) is 0 Å². The Bertz CT molecular complexity index is 370. The van der Waals surface area contributed by atoms with E-state index in [2.05, 4.69) is 0 Å². The summed E-state index contributed by atoms with van der Waals surface area (Å²) in [6.45, 7) is 0.392. The van der Waals surface area contributed by atoms with Crippen molar-refractivity contribution in [2.24, 2.45) is 17.2 Å². The van der Waals surface area contributed by atoms with Gasteiger partial charge in [0.2, 0.25) is 0 Å². The molecule has 8 nitrogen and oxygen atoms in total. The lowest BCUT2D eigenvalue weighted by molar-refractivity contribution is -0.231. The highest BCUT2D eigenvalue weighted by molar-refractivity contribution is 5.88. The van der Waals surface area contributed by atoms with E-state index in [1.165, 1.54) is 7.11 Å². The van der Waals surface area contributed by atoms with Gasteiger partial charge < -0.3 is 41.9 Å². The summed E-state index contributed by atoms with van der Waals surface area (Å²) in [4.78, 5) is 0. The third kappa shape index (κ3) is 3.59. The zero-order valence-electron chi connectivity index (χ0n) is 12.3. The van der Waals surface area contributed by atoms with Crippen LogP contribution in [0, 0.1) is 5.41 Å². The number of hydrogen-bond acceptors (Lipinski definition) is 8. The van der Waals surface area contributed by atoms with Gasteiger partial charge in [-0.15, -0.1) is 0 Å². The Hall–Kier alpha value is -0.610. The molecule has 0 aromatic carbocycles. The molecule has 1 saturated heterocycles. The first-order chi connectivity index (χ1) is 9.97. The van der Waals surface area contributed by atoms with Crippen LogP contribution in [0.5, 0.6) is 0 Å². The monoisotopic (exact) mass is 302 g/mol.